The van der Waals surface area contributed by atoms with Gasteiger partial charge in [0.2, 0.25) is 5.91 Å². The van der Waals surface area contributed by atoms with Crippen LogP contribution in [0.15, 0.2) is 148 Å². The van der Waals surface area contributed by atoms with Crippen LogP contribution < -0.4 is 16.0 Å². The molecule has 0 bridgehead atoms. The van der Waals surface area contributed by atoms with E-state index in [9.17, 15) is 14.4 Å². The second-order valence-electron chi connectivity index (χ2n) is 11.0. The van der Waals surface area contributed by atoms with Crippen LogP contribution in [0.3, 0.4) is 0 Å². The largest absolute Gasteiger partial charge is 0.321 e. The Balaban J connectivity index is 1.17. The Kier molecular flexibility index (Phi) is 12.0. The summed E-state index contributed by atoms with van der Waals surface area (Å²) in [4.78, 5) is 45.6. The van der Waals surface area contributed by atoms with Gasteiger partial charge in [-0.3, -0.25) is 14.4 Å². The number of hydrogen-bond acceptors (Lipinski definition) is 6. The summed E-state index contributed by atoms with van der Waals surface area (Å²) in [6, 6.07) is 37.9. The van der Waals surface area contributed by atoms with E-state index in [1.54, 1.807) is 60.7 Å². The highest BCUT2D eigenvalue weighted by Crippen LogP contribution is 2.38. The molecule has 1 unspecified atom stereocenters. The number of nitrogens with one attached hydrogen (secondary N) is 3. The smallest absolute Gasteiger partial charge is 0.272 e. The first-order valence-electron chi connectivity index (χ1n) is 15.4. The van der Waals surface area contributed by atoms with Crippen molar-refractivity contribution in [1.82, 2.24) is 10.3 Å². The summed E-state index contributed by atoms with van der Waals surface area (Å²) in [5.74, 6) is -1.15. The van der Waals surface area contributed by atoms with Crippen LogP contribution in [0.4, 0.5) is 10.8 Å². The van der Waals surface area contributed by atoms with Crippen LogP contribution in [0.2, 0.25) is 10.0 Å². The van der Waals surface area contributed by atoms with Crippen LogP contribution in [0.25, 0.3) is 17.3 Å². The highest BCUT2D eigenvalue weighted by atomic mass is 79.9. The first-order valence-corrected chi connectivity index (χ1v) is 18.7. The van der Waals surface area contributed by atoms with Crippen molar-refractivity contribution < 1.29 is 14.4 Å². The molecule has 1 atom stereocenters. The molecule has 0 radical (unpaired) electrons. The molecule has 1 heterocycles. The molecule has 7 nitrogen and oxygen atoms in total. The average molecular weight is 815 g/mol. The number of carbonyl (C=O) groups excluding carboxylic acids is 3. The van der Waals surface area contributed by atoms with Crippen molar-refractivity contribution in [3.8, 4) is 11.3 Å². The molecule has 0 saturated heterocycles. The fourth-order valence-electron chi connectivity index (χ4n) is 4.88. The van der Waals surface area contributed by atoms with Crippen LogP contribution in [-0.2, 0) is 9.59 Å². The lowest BCUT2D eigenvalue weighted by atomic mass is 10.1. The van der Waals surface area contributed by atoms with Gasteiger partial charge in [0.25, 0.3) is 11.8 Å². The number of anilines is 2. The van der Waals surface area contributed by atoms with Crippen molar-refractivity contribution in [3.05, 3.63) is 170 Å². The van der Waals surface area contributed by atoms with Crippen molar-refractivity contribution in [2.45, 2.75) is 10.1 Å². The Labute approximate surface area is 321 Å². The van der Waals surface area contributed by atoms with Crippen molar-refractivity contribution in [1.29, 1.82) is 0 Å². The Morgan fingerprint density at radius 2 is 1.53 bits per heavy atom. The van der Waals surface area contributed by atoms with Gasteiger partial charge in [0, 0.05) is 36.6 Å². The van der Waals surface area contributed by atoms with E-state index in [0.29, 0.717) is 37.7 Å². The molecule has 0 fully saturated rings. The highest BCUT2D eigenvalue weighted by molar-refractivity contribution is 9.10. The number of thiazole rings is 1. The summed E-state index contributed by atoms with van der Waals surface area (Å²) in [7, 11) is 0. The van der Waals surface area contributed by atoms with Gasteiger partial charge < -0.3 is 16.0 Å². The van der Waals surface area contributed by atoms with Crippen LogP contribution in [-0.4, -0.2) is 22.7 Å². The van der Waals surface area contributed by atoms with Gasteiger partial charge in [-0.2, -0.15) is 0 Å². The summed E-state index contributed by atoms with van der Waals surface area (Å²) in [5, 5.41) is 11.2. The maximum Gasteiger partial charge on any atom is 0.272 e. The van der Waals surface area contributed by atoms with E-state index in [-0.39, 0.29) is 11.6 Å². The molecular weight excluding hydrogens is 787 g/mol. The lowest BCUT2D eigenvalue weighted by Crippen LogP contribution is -2.30. The Morgan fingerprint density at radius 1 is 0.804 bits per heavy atom. The maximum absolute atomic E-state index is 13.7. The molecule has 1 aromatic heterocycles. The van der Waals surface area contributed by atoms with E-state index in [0.717, 1.165) is 20.5 Å². The van der Waals surface area contributed by atoms with Gasteiger partial charge >= 0.3 is 0 Å². The van der Waals surface area contributed by atoms with E-state index in [1.807, 2.05) is 78.2 Å². The van der Waals surface area contributed by atoms with Gasteiger partial charge in [-0.15, -0.1) is 23.1 Å². The predicted molar refractivity (Wildman–Crippen MR) is 212 cm³/mol. The number of nitrogens with zero attached hydrogens (tertiary/aromatic N) is 1. The zero-order valence-corrected chi connectivity index (χ0v) is 31.2. The number of thioether (sulfide) groups is 1. The average Bonchev–Trinajstić information content (AvgIpc) is 3.59. The van der Waals surface area contributed by atoms with E-state index < -0.39 is 17.1 Å². The molecule has 0 aliphatic heterocycles. The van der Waals surface area contributed by atoms with Crippen LogP contribution in [0, 0.1) is 0 Å². The summed E-state index contributed by atoms with van der Waals surface area (Å²) in [6.45, 7) is 0. The molecule has 3 amide bonds. The van der Waals surface area contributed by atoms with Crippen LogP contribution in [0.5, 0.6) is 0 Å². The third-order valence-electron chi connectivity index (χ3n) is 7.34. The minimum Gasteiger partial charge on any atom is -0.321 e. The molecule has 6 aromatic rings. The number of halogens is 3. The topological polar surface area (TPSA) is 100 Å². The van der Waals surface area contributed by atoms with Gasteiger partial charge in [0.15, 0.2) is 5.13 Å². The molecule has 0 aliphatic rings. The maximum atomic E-state index is 13.7. The normalized spacial score (nSPS) is 11.8. The minimum atomic E-state index is -0.606. The summed E-state index contributed by atoms with van der Waals surface area (Å²) < 4.78 is 0.834. The van der Waals surface area contributed by atoms with E-state index in [2.05, 4.69) is 36.9 Å². The molecule has 3 N–H and O–H groups in total. The zero-order valence-electron chi connectivity index (χ0n) is 26.5. The minimum absolute atomic E-state index is 0.0740. The molecule has 51 heavy (non-hydrogen) atoms. The van der Waals surface area contributed by atoms with Crippen molar-refractivity contribution in [3.63, 3.8) is 0 Å². The monoisotopic (exact) mass is 812 g/mol. The predicted octanol–water partition coefficient (Wildman–Crippen LogP) is 10.8. The quantitative estimate of drug-likeness (QED) is 0.0893. The lowest BCUT2D eigenvalue weighted by Gasteiger charge is -2.17. The summed E-state index contributed by atoms with van der Waals surface area (Å²) in [6.07, 6.45) is 1.61. The molecule has 0 saturated carbocycles. The first kappa shape index (κ1) is 36.1. The SMILES string of the molecule is O=C(Nc1ccc(SC(C(=O)Nc2nc(-c3ccc(Cl)cc3Cl)cs2)c2ccccc2)cc1)/C(=C/c1cccc(Br)c1)NC(=O)c1ccccc1. The number of aromatic nitrogens is 1. The number of benzene rings is 5. The summed E-state index contributed by atoms with van der Waals surface area (Å²) in [5.41, 5.74) is 3.89. The van der Waals surface area contributed by atoms with Gasteiger partial charge in [-0.05, 0) is 83.9 Å². The van der Waals surface area contributed by atoms with Crippen LogP contribution in [0.1, 0.15) is 26.7 Å². The van der Waals surface area contributed by atoms with Gasteiger partial charge in [-0.25, -0.2) is 4.98 Å². The standard InChI is InChI=1S/C39H27BrCl2N4O3S2/c40-27-13-7-8-24(20-27)21-33(44-36(47)26-11-5-2-6-12-26)37(48)43-29-15-17-30(18-16-29)51-35(25-9-3-1-4-10-25)38(49)46-39-45-34(23-50-39)31-19-14-28(41)22-32(31)42/h1-23,35H,(H,43,48)(H,44,47)(H,45,46,49)/b33-21-. The van der Waals surface area contributed by atoms with Crippen molar-refractivity contribution in [2.24, 2.45) is 0 Å². The van der Waals surface area contributed by atoms with Gasteiger partial charge in [0.1, 0.15) is 10.9 Å². The number of rotatable bonds is 11. The second-order valence-corrected chi connectivity index (χ2v) is 14.8. The Hall–Kier alpha value is -4.71. The Morgan fingerprint density at radius 3 is 2.24 bits per heavy atom. The molecule has 0 aliphatic carbocycles. The fraction of sp³-hybridized carbons (Fsp3) is 0.0256. The molecule has 0 spiro atoms. The third kappa shape index (κ3) is 9.75. The second kappa shape index (κ2) is 17.0. The summed E-state index contributed by atoms with van der Waals surface area (Å²) >= 11 is 18.5. The van der Waals surface area contributed by atoms with E-state index in [4.69, 9.17) is 23.2 Å². The first-order chi connectivity index (χ1) is 24.7. The molecule has 12 heteroatoms. The van der Waals surface area contributed by atoms with E-state index >= 15 is 0 Å². The van der Waals surface area contributed by atoms with Crippen LogP contribution >= 0.6 is 62.2 Å². The van der Waals surface area contributed by atoms with Gasteiger partial charge in [0.05, 0.1) is 10.7 Å². The highest BCUT2D eigenvalue weighted by Gasteiger charge is 2.24. The molecule has 5 aromatic carbocycles. The molecule has 6 rings (SSSR count). The molecule has 254 valence electrons. The van der Waals surface area contributed by atoms with Crippen molar-refractivity contribution >= 4 is 96.8 Å². The molecular formula is C39H27BrCl2N4O3S2. The third-order valence-corrected chi connectivity index (χ3v) is 10.4. The Bertz CT molecular complexity index is 2220. The number of amides is 3. The van der Waals surface area contributed by atoms with E-state index in [1.165, 1.54) is 23.1 Å². The number of carbonyl (C=O) groups is 3. The van der Waals surface area contributed by atoms with Crippen molar-refractivity contribution in [2.75, 3.05) is 10.6 Å². The zero-order chi connectivity index (χ0) is 35.7. The fourth-order valence-corrected chi connectivity index (χ4v) is 7.54. The number of hydrogen-bond donors (Lipinski definition) is 3. The van der Waals surface area contributed by atoms with Gasteiger partial charge in [-0.1, -0.05) is 99.8 Å². The lowest BCUT2D eigenvalue weighted by molar-refractivity contribution is -0.116.